The minimum absolute atomic E-state index is 0.130. The Morgan fingerprint density at radius 1 is 1.33 bits per heavy atom. The first kappa shape index (κ1) is 14.8. The Bertz CT molecular complexity index is 487. The third-order valence-electron chi connectivity index (χ3n) is 4.10. The number of rotatable bonds is 3. The Kier molecular flexibility index (Phi) is 4.80. The fraction of sp³-hybridized carbons (Fsp3) is 0.786. The van der Waals surface area contributed by atoms with Crippen LogP contribution in [-0.2, 0) is 11.3 Å². The summed E-state index contributed by atoms with van der Waals surface area (Å²) in [4.78, 5) is 16.9. The number of piperidine rings is 1. The molecule has 2 aliphatic heterocycles. The molecule has 0 N–H and O–H groups in total. The summed E-state index contributed by atoms with van der Waals surface area (Å²) < 4.78 is 5.44. The van der Waals surface area contributed by atoms with Crippen molar-refractivity contribution in [1.82, 2.24) is 20.0 Å². The van der Waals surface area contributed by atoms with E-state index >= 15 is 0 Å². The van der Waals surface area contributed by atoms with Crippen LogP contribution >= 0.6 is 11.8 Å². The average molecular weight is 310 g/mol. The number of thioether (sulfide) groups is 1. The Morgan fingerprint density at radius 2 is 2.14 bits per heavy atom. The van der Waals surface area contributed by atoms with E-state index in [9.17, 15) is 4.79 Å². The van der Waals surface area contributed by atoms with Crippen molar-refractivity contribution in [3.05, 3.63) is 11.8 Å². The number of likely N-dealkylation sites (tertiary alicyclic amines) is 1. The van der Waals surface area contributed by atoms with Crippen LogP contribution in [0.4, 0.5) is 0 Å². The number of carbonyl (C=O) groups excluding carboxylic acids is 1. The molecule has 1 amide bonds. The van der Waals surface area contributed by atoms with Crippen LogP contribution in [0.2, 0.25) is 0 Å². The standard InChI is InChI=1S/C14H22N4O2S/c1-11-15-16-13(20-11)10-17-4-2-3-12(9-17)14(19)18-5-7-21-8-6-18/h12H,2-10H2,1H3. The first-order valence-corrected chi connectivity index (χ1v) is 8.76. The molecule has 2 aliphatic rings. The van der Waals surface area contributed by atoms with Gasteiger partial charge in [0.2, 0.25) is 17.7 Å². The topological polar surface area (TPSA) is 62.5 Å². The van der Waals surface area contributed by atoms with Gasteiger partial charge in [-0.15, -0.1) is 10.2 Å². The van der Waals surface area contributed by atoms with Crippen molar-refractivity contribution in [2.75, 3.05) is 37.7 Å². The van der Waals surface area contributed by atoms with Crippen LogP contribution in [-0.4, -0.2) is 63.6 Å². The number of carbonyl (C=O) groups is 1. The Hall–Kier alpha value is -1.08. The van der Waals surface area contributed by atoms with Gasteiger partial charge in [0.15, 0.2) is 0 Å². The smallest absolute Gasteiger partial charge is 0.230 e. The van der Waals surface area contributed by atoms with Gasteiger partial charge in [0.05, 0.1) is 12.5 Å². The quantitative estimate of drug-likeness (QED) is 0.835. The number of hydrogen-bond donors (Lipinski definition) is 0. The first-order valence-electron chi connectivity index (χ1n) is 7.60. The molecule has 21 heavy (non-hydrogen) atoms. The summed E-state index contributed by atoms with van der Waals surface area (Å²) in [5, 5.41) is 7.90. The molecule has 1 aromatic rings. The van der Waals surface area contributed by atoms with Gasteiger partial charge >= 0.3 is 0 Å². The van der Waals surface area contributed by atoms with Crippen LogP contribution in [0.15, 0.2) is 4.42 Å². The van der Waals surface area contributed by atoms with E-state index in [1.54, 1.807) is 6.92 Å². The van der Waals surface area contributed by atoms with Crippen molar-refractivity contribution in [3.63, 3.8) is 0 Å². The molecule has 0 radical (unpaired) electrons. The molecule has 3 rings (SSSR count). The van der Waals surface area contributed by atoms with E-state index < -0.39 is 0 Å². The van der Waals surface area contributed by atoms with Gasteiger partial charge in [-0.2, -0.15) is 11.8 Å². The maximum absolute atomic E-state index is 12.6. The minimum Gasteiger partial charge on any atom is -0.424 e. The van der Waals surface area contributed by atoms with Crippen molar-refractivity contribution in [1.29, 1.82) is 0 Å². The van der Waals surface area contributed by atoms with Crippen molar-refractivity contribution >= 4 is 17.7 Å². The van der Waals surface area contributed by atoms with E-state index in [2.05, 4.69) is 15.1 Å². The molecule has 2 saturated heterocycles. The zero-order valence-corrected chi connectivity index (χ0v) is 13.3. The van der Waals surface area contributed by atoms with Gasteiger partial charge < -0.3 is 9.32 Å². The predicted octanol–water partition coefficient (Wildman–Crippen LogP) is 1.17. The molecule has 0 saturated carbocycles. The zero-order chi connectivity index (χ0) is 14.7. The molecule has 3 heterocycles. The van der Waals surface area contributed by atoms with Gasteiger partial charge in [-0.25, -0.2) is 0 Å². The summed E-state index contributed by atoms with van der Waals surface area (Å²) >= 11 is 1.94. The van der Waals surface area contributed by atoms with Crippen LogP contribution < -0.4 is 0 Å². The predicted molar refractivity (Wildman–Crippen MR) is 80.9 cm³/mol. The summed E-state index contributed by atoms with van der Waals surface area (Å²) in [7, 11) is 0. The summed E-state index contributed by atoms with van der Waals surface area (Å²) in [6.07, 6.45) is 2.06. The van der Waals surface area contributed by atoms with E-state index in [0.717, 1.165) is 50.5 Å². The van der Waals surface area contributed by atoms with Crippen molar-refractivity contribution in [3.8, 4) is 0 Å². The van der Waals surface area contributed by atoms with Gasteiger partial charge in [0, 0.05) is 38.1 Å². The number of amides is 1. The van der Waals surface area contributed by atoms with E-state index in [-0.39, 0.29) is 5.92 Å². The molecular formula is C14H22N4O2S. The Balaban J connectivity index is 1.56. The molecule has 1 atom stereocenters. The Labute approximate surface area is 129 Å². The summed E-state index contributed by atoms with van der Waals surface area (Å²) in [5.74, 6) is 3.86. The summed E-state index contributed by atoms with van der Waals surface area (Å²) in [5.41, 5.74) is 0. The molecular weight excluding hydrogens is 288 g/mol. The van der Waals surface area contributed by atoms with E-state index in [1.807, 2.05) is 16.7 Å². The number of aromatic nitrogens is 2. The second-order valence-electron chi connectivity index (χ2n) is 5.73. The monoisotopic (exact) mass is 310 g/mol. The molecule has 0 bridgehead atoms. The van der Waals surface area contributed by atoms with Gasteiger partial charge in [0.1, 0.15) is 0 Å². The highest BCUT2D eigenvalue weighted by Crippen LogP contribution is 2.22. The van der Waals surface area contributed by atoms with Crippen molar-refractivity contribution < 1.29 is 9.21 Å². The number of hydrogen-bond acceptors (Lipinski definition) is 6. The molecule has 1 aromatic heterocycles. The number of nitrogens with zero attached hydrogens (tertiary/aromatic N) is 4. The molecule has 0 aliphatic carbocycles. The fourth-order valence-electron chi connectivity index (χ4n) is 3.04. The summed E-state index contributed by atoms with van der Waals surface area (Å²) in [6, 6.07) is 0. The largest absolute Gasteiger partial charge is 0.424 e. The molecule has 1 unspecified atom stereocenters. The third kappa shape index (κ3) is 3.77. The van der Waals surface area contributed by atoms with Crippen molar-refractivity contribution in [2.24, 2.45) is 5.92 Å². The molecule has 0 spiro atoms. The van der Waals surface area contributed by atoms with Gasteiger partial charge in [-0.1, -0.05) is 0 Å². The zero-order valence-electron chi connectivity index (χ0n) is 12.5. The first-order chi connectivity index (χ1) is 10.2. The molecule has 7 heteroatoms. The lowest BCUT2D eigenvalue weighted by Crippen LogP contribution is -2.47. The third-order valence-corrected chi connectivity index (χ3v) is 5.05. The lowest BCUT2D eigenvalue weighted by Gasteiger charge is -2.35. The molecule has 6 nitrogen and oxygen atoms in total. The highest BCUT2D eigenvalue weighted by molar-refractivity contribution is 7.99. The lowest BCUT2D eigenvalue weighted by atomic mass is 9.96. The van der Waals surface area contributed by atoms with E-state index in [4.69, 9.17) is 4.42 Å². The SMILES string of the molecule is Cc1nnc(CN2CCCC(C(=O)N3CCSCC3)C2)o1. The summed E-state index contributed by atoms with van der Waals surface area (Å²) in [6.45, 7) is 6.07. The van der Waals surface area contributed by atoms with E-state index in [0.29, 0.717) is 24.2 Å². The van der Waals surface area contributed by atoms with Crippen LogP contribution in [0.3, 0.4) is 0 Å². The van der Waals surface area contributed by atoms with Crippen LogP contribution in [0.5, 0.6) is 0 Å². The number of aryl methyl sites for hydroxylation is 1. The normalized spacial score (nSPS) is 24.2. The lowest BCUT2D eigenvalue weighted by molar-refractivity contribution is -0.137. The minimum atomic E-state index is 0.130. The second kappa shape index (κ2) is 6.79. The maximum atomic E-state index is 12.6. The van der Waals surface area contributed by atoms with Gasteiger partial charge in [-0.3, -0.25) is 9.69 Å². The van der Waals surface area contributed by atoms with Crippen molar-refractivity contribution in [2.45, 2.75) is 26.3 Å². The highest BCUT2D eigenvalue weighted by Gasteiger charge is 2.30. The maximum Gasteiger partial charge on any atom is 0.230 e. The van der Waals surface area contributed by atoms with Gasteiger partial charge in [0.25, 0.3) is 0 Å². The van der Waals surface area contributed by atoms with Crippen LogP contribution in [0.1, 0.15) is 24.6 Å². The second-order valence-corrected chi connectivity index (χ2v) is 6.95. The molecule has 0 aromatic carbocycles. The molecule has 116 valence electrons. The van der Waals surface area contributed by atoms with Crippen LogP contribution in [0, 0.1) is 12.8 Å². The average Bonchev–Trinajstić information content (AvgIpc) is 2.93. The van der Waals surface area contributed by atoms with Crippen LogP contribution in [0.25, 0.3) is 0 Å². The van der Waals surface area contributed by atoms with E-state index in [1.165, 1.54) is 0 Å². The highest BCUT2D eigenvalue weighted by atomic mass is 32.2. The van der Waals surface area contributed by atoms with Gasteiger partial charge in [-0.05, 0) is 19.4 Å². The fourth-order valence-corrected chi connectivity index (χ4v) is 3.94. The molecule has 2 fully saturated rings. The Morgan fingerprint density at radius 3 is 2.86 bits per heavy atom.